The van der Waals surface area contributed by atoms with Gasteiger partial charge in [-0.3, -0.25) is 9.59 Å². The summed E-state index contributed by atoms with van der Waals surface area (Å²) in [6.07, 6.45) is -0.321. The third-order valence-electron chi connectivity index (χ3n) is 6.34. The van der Waals surface area contributed by atoms with Gasteiger partial charge in [-0.1, -0.05) is 6.07 Å². The van der Waals surface area contributed by atoms with Crippen LogP contribution < -0.4 is 10.1 Å². The number of benzene rings is 3. The third kappa shape index (κ3) is 5.34. The summed E-state index contributed by atoms with van der Waals surface area (Å²) in [7, 11) is 0. The van der Waals surface area contributed by atoms with Crippen molar-refractivity contribution in [2.75, 3.05) is 13.1 Å². The molecule has 1 aromatic heterocycles. The summed E-state index contributed by atoms with van der Waals surface area (Å²) in [5.41, 5.74) is 0.992. The molecule has 5 rings (SSSR count). The van der Waals surface area contributed by atoms with Crippen LogP contribution in [-0.4, -0.2) is 36.2 Å². The summed E-state index contributed by atoms with van der Waals surface area (Å²) < 4.78 is 67.4. The minimum Gasteiger partial charge on any atom is -0.455 e. The number of carbonyl (C=O) groups is 2. The van der Waals surface area contributed by atoms with Crippen LogP contribution in [0.4, 0.5) is 17.6 Å². The van der Waals surface area contributed by atoms with E-state index < -0.39 is 36.3 Å². The number of nitrogens with one attached hydrogen (secondary N) is 1. The maximum atomic E-state index is 15.3. The number of ether oxygens (including phenoxy) is 1. The smallest absolute Gasteiger partial charge is 0.253 e. The number of halogens is 4. The quantitative estimate of drug-likeness (QED) is 0.227. The standard InChI is InChI=1S/C28H22F4N2O4/c29-20-2-4-21(5-3-20)37-25-14-18(11-19-12-22(15-33-16-35)38-26(19)25)23-6-1-17(13-24(23)30)27(36)34-9-7-28(31,32)8-10-34/h1-6,11-14,16H,7-10,15H2,(H,33,35). The van der Waals surface area contributed by atoms with E-state index in [9.17, 15) is 22.8 Å². The lowest BCUT2D eigenvalue weighted by molar-refractivity contribution is -0.109. The van der Waals surface area contributed by atoms with Crippen LogP contribution in [0.3, 0.4) is 0 Å². The number of amides is 2. The van der Waals surface area contributed by atoms with Crippen molar-refractivity contribution in [1.29, 1.82) is 0 Å². The molecule has 1 aliphatic heterocycles. The highest BCUT2D eigenvalue weighted by Gasteiger charge is 2.35. The molecule has 10 heteroatoms. The predicted molar refractivity (Wildman–Crippen MR) is 131 cm³/mol. The molecule has 4 aromatic rings. The molecule has 0 bridgehead atoms. The molecule has 1 saturated heterocycles. The number of rotatable bonds is 7. The van der Waals surface area contributed by atoms with Gasteiger partial charge in [0.2, 0.25) is 6.41 Å². The lowest BCUT2D eigenvalue weighted by atomic mass is 10.00. The minimum absolute atomic E-state index is 0.0610. The van der Waals surface area contributed by atoms with Crippen molar-refractivity contribution in [1.82, 2.24) is 10.2 Å². The molecule has 0 atom stereocenters. The first-order chi connectivity index (χ1) is 18.2. The van der Waals surface area contributed by atoms with Gasteiger partial charge in [0.15, 0.2) is 11.3 Å². The number of piperidine rings is 1. The Hall–Kier alpha value is -4.34. The second-order valence-corrected chi connectivity index (χ2v) is 9.00. The van der Waals surface area contributed by atoms with Crippen molar-refractivity contribution in [2.45, 2.75) is 25.3 Å². The molecule has 1 fully saturated rings. The third-order valence-corrected chi connectivity index (χ3v) is 6.34. The summed E-state index contributed by atoms with van der Waals surface area (Å²) in [5.74, 6) is -3.44. The Balaban J connectivity index is 1.48. The molecule has 1 N–H and O–H groups in total. The second-order valence-electron chi connectivity index (χ2n) is 9.00. The van der Waals surface area contributed by atoms with Gasteiger partial charge in [0.1, 0.15) is 23.1 Å². The summed E-state index contributed by atoms with van der Waals surface area (Å²) >= 11 is 0. The molecule has 0 aliphatic carbocycles. The highest BCUT2D eigenvalue weighted by atomic mass is 19.3. The van der Waals surface area contributed by atoms with Crippen LogP contribution in [-0.2, 0) is 11.3 Å². The Morgan fingerprint density at radius 1 is 1.03 bits per heavy atom. The number of furan rings is 1. The van der Waals surface area contributed by atoms with E-state index in [0.717, 1.165) is 6.07 Å². The summed E-state index contributed by atoms with van der Waals surface area (Å²) in [5, 5.41) is 3.08. The van der Waals surface area contributed by atoms with Crippen LogP contribution in [0, 0.1) is 11.6 Å². The Morgan fingerprint density at radius 2 is 1.76 bits per heavy atom. The van der Waals surface area contributed by atoms with Gasteiger partial charge >= 0.3 is 0 Å². The Bertz CT molecular complexity index is 1490. The fourth-order valence-corrected chi connectivity index (χ4v) is 4.37. The first-order valence-corrected chi connectivity index (χ1v) is 11.9. The molecular weight excluding hydrogens is 504 g/mol. The SMILES string of the molecule is O=CNCc1cc2cc(-c3ccc(C(=O)N4CCC(F)(F)CC4)cc3F)cc(Oc3ccc(F)cc3)c2o1. The van der Waals surface area contributed by atoms with E-state index in [-0.39, 0.29) is 36.5 Å². The molecule has 3 aromatic carbocycles. The number of alkyl halides is 2. The maximum Gasteiger partial charge on any atom is 0.253 e. The molecule has 38 heavy (non-hydrogen) atoms. The number of hydrogen-bond donors (Lipinski definition) is 1. The summed E-state index contributed by atoms with van der Waals surface area (Å²) in [6, 6.07) is 14.2. The van der Waals surface area contributed by atoms with Crippen LogP contribution in [0.1, 0.15) is 29.0 Å². The fourth-order valence-electron chi connectivity index (χ4n) is 4.37. The van der Waals surface area contributed by atoms with Gasteiger partial charge in [-0.05, 0) is 60.2 Å². The lowest BCUT2D eigenvalue weighted by Gasteiger charge is -2.31. The van der Waals surface area contributed by atoms with E-state index in [2.05, 4.69) is 5.32 Å². The zero-order valence-electron chi connectivity index (χ0n) is 20.0. The van der Waals surface area contributed by atoms with Crippen molar-refractivity contribution in [3.63, 3.8) is 0 Å². The first kappa shape index (κ1) is 25.3. The molecule has 2 heterocycles. The molecule has 0 unspecified atom stereocenters. The van der Waals surface area contributed by atoms with E-state index in [4.69, 9.17) is 9.15 Å². The van der Waals surface area contributed by atoms with Gasteiger partial charge < -0.3 is 19.4 Å². The van der Waals surface area contributed by atoms with Crippen molar-refractivity contribution >= 4 is 23.3 Å². The average Bonchev–Trinajstić information content (AvgIpc) is 3.31. The number of carbonyl (C=O) groups excluding carboxylic acids is 2. The van der Waals surface area contributed by atoms with Crippen LogP contribution in [0.15, 0.2) is 65.1 Å². The molecule has 6 nitrogen and oxygen atoms in total. The number of likely N-dealkylation sites (tertiary alicyclic amines) is 1. The first-order valence-electron chi connectivity index (χ1n) is 11.9. The lowest BCUT2D eigenvalue weighted by Crippen LogP contribution is -2.42. The van der Waals surface area contributed by atoms with Gasteiger partial charge in [-0.25, -0.2) is 17.6 Å². The number of nitrogens with zero attached hydrogens (tertiary/aromatic N) is 1. The van der Waals surface area contributed by atoms with Crippen molar-refractivity contribution in [2.24, 2.45) is 0 Å². The summed E-state index contributed by atoms with van der Waals surface area (Å²) in [4.78, 5) is 24.8. The largest absolute Gasteiger partial charge is 0.455 e. The van der Waals surface area contributed by atoms with E-state index in [0.29, 0.717) is 34.5 Å². The van der Waals surface area contributed by atoms with Gasteiger partial charge in [-0.2, -0.15) is 0 Å². The van der Waals surface area contributed by atoms with Crippen molar-refractivity contribution < 1.29 is 36.3 Å². The van der Waals surface area contributed by atoms with E-state index in [1.54, 1.807) is 18.2 Å². The monoisotopic (exact) mass is 526 g/mol. The van der Waals surface area contributed by atoms with Gasteiger partial charge in [0, 0.05) is 42.4 Å². The average molecular weight is 526 g/mol. The van der Waals surface area contributed by atoms with E-state index in [1.165, 1.54) is 41.3 Å². The molecule has 0 radical (unpaired) electrons. The van der Waals surface area contributed by atoms with Gasteiger partial charge in [0.25, 0.3) is 11.8 Å². The molecule has 196 valence electrons. The van der Waals surface area contributed by atoms with Gasteiger partial charge in [-0.15, -0.1) is 0 Å². The predicted octanol–water partition coefficient (Wildman–Crippen LogP) is 6.29. The molecular formula is C28H22F4N2O4. The normalized spacial score (nSPS) is 14.9. The van der Waals surface area contributed by atoms with Gasteiger partial charge in [0.05, 0.1) is 6.54 Å². The topological polar surface area (TPSA) is 71.8 Å². The van der Waals surface area contributed by atoms with Crippen LogP contribution in [0.5, 0.6) is 11.5 Å². The highest BCUT2D eigenvalue weighted by Crippen LogP contribution is 2.38. The Kier molecular flexibility index (Phi) is 6.79. The molecule has 1 aliphatic rings. The number of fused-ring (bicyclic) bond motifs is 1. The minimum atomic E-state index is -2.80. The fraction of sp³-hybridized carbons (Fsp3) is 0.214. The molecule has 2 amide bonds. The van der Waals surface area contributed by atoms with E-state index in [1.807, 2.05) is 0 Å². The van der Waals surface area contributed by atoms with Crippen molar-refractivity contribution in [3.05, 3.63) is 83.6 Å². The summed E-state index contributed by atoms with van der Waals surface area (Å²) in [6.45, 7) is -0.0768. The Labute approximate surface area is 214 Å². The number of hydrogen-bond acceptors (Lipinski definition) is 4. The van der Waals surface area contributed by atoms with Crippen LogP contribution in [0.25, 0.3) is 22.1 Å². The zero-order chi connectivity index (χ0) is 26.9. The Morgan fingerprint density at radius 3 is 2.45 bits per heavy atom. The molecule has 0 saturated carbocycles. The van der Waals surface area contributed by atoms with Crippen LogP contribution in [0.2, 0.25) is 0 Å². The highest BCUT2D eigenvalue weighted by molar-refractivity contribution is 5.95. The molecule has 0 spiro atoms. The second kappa shape index (κ2) is 10.2. The zero-order valence-corrected chi connectivity index (χ0v) is 20.0. The van der Waals surface area contributed by atoms with Crippen molar-refractivity contribution in [3.8, 4) is 22.6 Å². The van der Waals surface area contributed by atoms with E-state index >= 15 is 4.39 Å². The van der Waals surface area contributed by atoms with Crippen LogP contribution >= 0.6 is 0 Å². The maximum absolute atomic E-state index is 15.3.